The second-order valence-electron chi connectivity index (χ2n) is 7.33. The number of hydrazone groups is 1. The van der Waals surface area contributed by atoms with Crippen LogP contribution in [0.25, 0.3) is 0 Å². The lowest BCUT2D eigenvalue weighted by Gasteiger charge is -2.24. The Morgan fingerprint density at radius 3 is 2.29 bits per heavy atom. The fourth-order valence-electron chi connectivity index (χ4n) is 3.07. The van der Waals surface area contributed by atoms with Gasteiger partial charge >= 0.3 is 0 Å². The Morgan fingerprint density at radius 2 is 1.66 bits per heavy atom. The van der Waals surface area contributed by atoms with Crippen LogP contribution in [0.1, 0.15) is 11.1 Å². The molecule has 3 rings (SSSR count). The Morgan fingerprint density at radius 1 is 0.971 bits per heavy atom. The van der Waals surface area contributed by atoms with E-state index < -0.39 is 22.5 Å². The van der Waals surface area contributed by atoms with Crippen LogP contribution in [-0.4, -0.2) is 41.3 Å². The van der Waals surface area contributed by atoms with Crippen LogP contribution in [0.5, 0.6) is 11.5 Å². The van der Waals surface area contributed by atoms with Gasteiger partial charge in [-0.25, -0.2) is 13.8 Å². The third kappa shape index (κ3) is 6.45. The number of carbonyl (C=O) groups is 1. The highest BCUT2D eigenvalue weighted by Crippen LogP contribution is 2.33. The minimum absolute atomic E-state index is 0.0324. The van der Waals surface area contributed by atoms with Crippen LogP contribution >= 0.6 is 23.2 Å². The average molecular weight is 536 g/mol. The van der Waals surface area contributed by atoms with Crippen molar-refractivity contribution in [3.05, 3.63) is 81.8 Å². The monoisotopic (exact) mass is 535 g/mol. The fourth-order valence-corrected chi connectivity index (χ4v) is 4.79. The number of sulfonamides is 1. The fraction of sp³-hybridized carbons (Fsp3) is 0.167. The van der Waals surface area contributed by atoms with Crippen LogP contribution in [0.4, 0.5) is 5.69 Å². The predicted molar refractivity (Wildman–Crippen MR) is 137 cm³/mol. The van der Waals surface area contributed by atoms with Gasteiger partial charge in [-0.15, -0.1) is 0 Å². The number of amides is 1. The summed E-state index contributed by atoms with van der Waals surface area (Å²) in [5.41, 5.74) is 4.06. The van der Waals surface area contributed by atoms with Crippen molar-refractivity contribution in [3.63, 3.8) is 0 Å². The molecule has 0 aliphatic rings. The number of hydrogen-bond acceptors (Lipinski definition) is 6. The second-order valence-corrected chi connectivity index (χ2v) is 10.0. The van der Waals surface area contributed by atoms with Gasteiger partial charge in [0.1, 0.15) is 6.54 Å². The predicted octanol–water partition coefficient (Wildman–Crippen LogP) is 4.66. The Hall–Kier alpha value is -3.27. The van der Waals surface area contributed by atoms with Crippen LogP contribution in [0.2, 0.25) is 10.0 Å². The molecule has 3 aromatic carbocycles. The molecule has 0 atom stereocenters. The standard InChI is InChI=1S/C24H23Cl2N3O5S/c1-16-4-8-19(9-5-16)35(31,32)29(18-7-11-22(33-2)23(13-18)34-3)15-24(30)28-27-14-17-6-10-20(25)21(26)12-17/h4-14H,15H2,1-3H3,(H,28,30)/b27-14+. The normalized spacial score (nSPS) is 11.3. The number of nitrogens with one attached hydrogen (secondary N) is 1. The Bertz CT molecular complexity index is 1350. The van der Waals surface area contributed by atoms with E-state index >= 15 is 0 Å². The average Bonchev–Trinajstić information content (AvgIpc) is 2.84. The minimum Gasteiger partial charge on any atom is -0.493 e. The van der Waals surface area contributed by atoms with Crippen LogP contribution in [0.15, 0.2) is 70.7 Å². The van der Waals surface area contributed by atoms with Crippen molar-refractivity contribution in [2.24, 2.45) is 5.10 Å². The van der Waals surface area contributed by atoms with Gasteiger partial charge in [0.25, 0.3) is 15.9 Å². The number of halogens is 2. The van der Waals surface area contributed by atoms with E-state index in [0.29, 0.717) is 27.1 Å². The summed E-state index contributed by atoms with van der Waals surface area (Å²) in [6, 6.07) is 15.8. The van der Waals surface area contributed by atoms with E-state index in [2.05, 4.69) is 10.5 Å². The van der Waals surface area contributed by atoms with E-state index in [0.717, 1.165) is 9.87 Å². The molecule has 184 valence electrons. The van der Waals surface area contributed by atoms with Crippen LogP contribution in [-0.2, 0) is 14.8 Å². The van der Waals surface area contributed by atoms with Crippen molar-refractivity contribution < 1.29 is 22.7 Å². The maximum Gasteiger partial charge on any atom is 0.264 e. The molecule has 1 N–H and O–H groups in total. The lowest BCUT2D eigenvalue weighted by Crippen LogP contribution is -2.39. The topological polar surface area (TPSA) is 97.3 Å². The number of hydrogen-bond donors (Lipinski definition) is 1. The van der Waals surface area contributed by atoms with Crippen molar-refractivity contribution in [1.29, 1.82) is 0 Å². The van der Waals surface area contributed by atoms with Gasteiger partial charge in [0.2, 0.25) is 0 Å². The molecule has 0 bridgehead atoms. The number of rotatable bonds is 9. The van der Waals surface area contributed by atoms with Gasteiger partial charge in [-0.05, 0) is 48.9 Å². The van der Waals surface area contributed by atoms with Gasteiger partial charge < -0.3 is 9.47 Å². The van der Waals surface area contributed by atoms with E-state index in [1.807, 2.05) is 6.92 Å². The summed E-state index contributed by atoms with van der Waals surface area (Å²) < 4.78 is 38.5. The lowest BCUT2D eigenvalue weighted by atomic mass is 10.2. The highest BCUT2D eigenvalue weighted by molar-refractivity contribution is 7.92. The summed E-state index contributed by atoms with van der Waals surface area (Å²) in [5.74, 6) is 0.0681. The van der Waals surface area contributed by atoms with Gasteiger partial charge in [-0.1, -0.05) is 47.0 Å². The van der Waals surface area contributed by atoms with Crippen molar-refractivity contribution in [1.82, 2.24) is 5.43 Å². The number of anilines is 1. The van der Waals surface area contributed by atoms with Gasteiger partial charge in [-0.3, -0.25) is 9.10 Å². The van der Waals surface area contributed by atoms with Crippen molar-refractivity contribution in [3.8, 4) is 11.5 Å². The Balaban J connectivity index is 1.90. The zero-order chi connectivity index (χ0) is 25.6. The molecule has 0 aromatic heterocycles. The summed E-state index contributed by atoms with van der Waals surface area (Å²) in [6.07, 6.45) is 1.37. The molecule has 0 saturated carbocycles. The largest absolute Gasteiger partial charge is 0.493 e. The highest BCUT2D eigenvalue weighted by atomic mass is 35.5. The molecule has 8 nitrogen and oxygen atoms in total. The number of nitrogens with zero attached hydrogens (tertiary/aromatic N) is 2. The van der Waals surface area contributed by atoms with E-state index in [9.17, 15) is 13.2 Å². The smallest absolute Gasteiger partial charge is 0.264 e. The quantitative estimate of drug-likeness (QED) is 0.317. The first-order chi connectivity index (χ1) is 16.6. The summed E-state index contributed by atoms with van der Waals surface area (Å²) in [7, 11) is -1.20. The van der Waals surface area contributed by atoms with Gasteiger partial charge in [-0.2, -0.15) is 5.10 Å². The van der Waals surface area contributed by atoms with Crippen molar-refractivity contribution >= 4 is 51.0 Å². The molecule has 0 spiro atoms. The molecule has 0 saturated heterocycles. The van der Waals surface area contributed by atoms with Gasteiger partial charge in [0.05, 0.1) is 41.1 Å². The Kier molecular flexibility index (Phi) is 8.61. The summed E-state index contributed by atoms with van der Waals surface area (Å²) in [6.45, 7) is 1.31. The number of aryl methyl sites for hydroxylation is 1. The van der Waals surface area contributed by atoms with E-state index in [4.69, 9.17) is 32.7 Å². The van der Waals surface area contributed by atoms with E-state index in [1.165, 1.54) is 44.7 Å². The SMILES string of the molecule is COc1ccc(N(CC(=O)N/N=C/c2ccc(Cl)c(Cl)c2)S(=O)(=O)c2ccc(C)cc2)cc1OC. The second kappa shape index (κ2) is 11.4. The number of ether oxygens (including phenoxy) is 2. The Labute approximate surface area is 214 Å². The molecule has 3 aromatic rings. The molecular weight excluding hydrogens is 513 g/mol. The summed E-state index contributed by atoms with van der Waals surface area (Å²) >= 11 is 11.9. The first-order valence-electron chi connectivity index (χ1n) is 10.2. The molecule has 11 heteroatoms. The minimum atomic E-state index is -4.11. The van der Waals surface area contributed by atoms with Gasteiger partial charge in [0, 0.05) is 6.07 Å². The molecule has 35 heavy (non-hydrogen) atoms. The van der Waals surface area contributed by atoms with Crippen LogP contribution in [0, 0.1) is 6.92 Å². The molecular formula is C24H23Cl2N3O5S. The summed E-state index contributed by atoms with van der Waals surface area (Å²) in [5, 5.41) is 4.62. The maximum absolute atomic E-state index is 13.5. The van der Waals surface area contributed by atoms with Crippen LogP contribution < -0.4 is 19.2 Å². The number of carbonyl (C=O) groups excluding carboxylic acids is 1. The molecule has 0 aliphatic heterocycles. The molecule has 0 aliphatic carbocycles. The molecule has 0 radical (unpaired) electrons. The third-order valence-electron chi connectivity index (χ3n) is 4.90. The maximum atomic E-state index is 13.5. The first-order valence-corrected chi connectivity index (χ1v) is 12.4. The van der Waals surface area contributed by atoms with Crippen molar-refractivity contribution in [2.45, 2.75) is 11.8 Å². The summed E-state index contributed by atoms with van der Waals surface area (Å²) in [4.78, 5) is 12.7. The zero-order valence-corrected chi connectivity index (χ0v) is 21.5. The first kappa shape index (κ1) is 26.3. The molecule has 0 heterocycles. The van der Waals surface area contributed by atoms with Crippen LogP contribution in [0.3, 0.4) is 0 Å². The number of benzene rings is 3. The van der Waals surface area contributed by atoms with E-state index in [1.54, 1.807) is 36.4 Å². The van der Waals surface area contributed by atoms with Gasteiger partial charge in [0.15, 0.2) is 11.5 Å². The van der Waals surface area contributed by atoms with E-state index in [-0.39, 0.29) is 10.6 Å². The lowest BCUT2D eigenvalue weighted by molar-refractivity contribution is -0.119. The zero-order valence-electron chi connectivity index (χ0n) is 19.2. The number of methoxy groups -OCH3 is 2. The molecule has 0 unspecified atom stereocenters. The third-order valence-corrected chi connectivity index (χ3v) is 7.42. The van der Waals surface area contributed by atoms with Crippen molar-refractivity contribution in [2.75, 3.05) is 25.1 Å². The highest BCUT2D eigenvalue weighted by Gasteiger charge is 2.28. The molecule has 1 amide bonds. The molecule has 0 fully saturated rings.